The molecule has 0 atom stereocenters. The number of nitrogens with zero attached hydrogens (tertiary/aromatic N) is 5. The van der Waals surface area contributed by atoms with Gasteiger partial charge in [0.15, 0.2) is 11.6 Å². The minimum absolute atomic E-state index is 0.195. The van der Waals surface area contributed by atoms with Crippen molar-refractivity contribution >= 4 is 17.3 Å². The highest BCUT2D eigenvalue weighted by Gasteiger charge is 2.23. The maximum absolute atomic E-state index is 15.0. The fourth-order valence-electron chi connectivity index (χ4n) is 4.63. The average molecular weight is 507 g/mol. The Morgan fingerprint density at radius 2 is 1.73 bits per heavy atom. The number of hydrogen-bond acceptors (Lipinski definition) is 7. The summed E-state index contributed by atoms with van der Waals surface area (Å²) in [5.74, 6) is -0.640. The van der Waals surface area contributed by atoms with E-state index in [0.29, 0.717) is 23.5 Å². The summed E-state index contributed by atoms with van der Waals surface area (Å²) in [6, 6.07) is 8.66. The summed E-state index contributed by atoms with van der Waals surface area (Å²) >= 11 is 0. The molecule has 0 saturated carbocycles. The fraction of sp³-hybridized carbons (Fsp3) is 0.393. The molecule has 1 saturated heterocycles. The van der Waals surface area contributed by atoms with Gasteiger partial charge in [-0.3, -0.25) is 10.2 Å². The Morgan fingerprint density at radius 3 is 2.38 bits per heavy atom. The van der Waals surface area contributed by atoms with Crippen molar-refractivity contribution in [3.05, 3.63) is 77.1 Å². The minimum atomic E-state index is -0.489. The monoisotopic (exact) mass is 506 g/mol. The zero-order valence-corrected chi connectivity index (χ0v) is 22.0. The highest BCUT2D eigenvalue weighted by atomic mass is 19.1. The first-order valence-corrected chi connectivity index (χ1v) is 12.6. The summed E-state index contributed by atoms with van der Waals surface area (Å²) in [6.45, 7) is 11.5. The van der Waals surface area contributed by atoms with Crippen molar-refractivity contribution in [2.45, 2.75) is 27.2 Å². The molecule has 3 aromatic rings. The third kappa shape index (κ3) is 6.81. The molecule has 37 heavy (non-hydrogen) atoms. The van der Waals surface area contributed by atoms with E-state index >= 15 is 0 Å². The van der Waals surface area contributed by atoms with Gasteiger partial charge in [-0.05, 0) is 57.5 Å². The Bertz CT molecular complexity index is 1190. The maximum Gasteiger partial charge on any atom is 0.280 e. The highest BCUT2D eigenvalue weighted by molar-refractivity contribution is 6.07. The molecular weight excluding hydrogens is 471 g/mol. The highest BCUT2D eigenvalue weighted by Crippen LogP contribution is 2.29. The van der Waals surface area contributed by atoms with Crippen LogP contribution in [0.3, 0.4) is 0 Å². The van der Waals surface area contributed by atoms with E-state index in [1.54, 1.807) is 12.1 Å². The number of aromatic nitrogens is 2. The number of aryl methyl sites for hydroxylation is 3. The lowest BCUT2D eigenvalue weighted by molar-refractivity contribution is 0.0991. The van der Waals surface area contributed by atoms with Crippen LogP contribution in [0.5, 0.6) is 5.75 Å². The number of ether oxygens (including phenoxy) is 1. The van der Waals surface area contributed by atoms with E-state index in [1.165, 1.54) is 29.8 Å². The average Bonchev–Trinajstić information content (AvgIpc) is 2.87. The molecule has 1 fully saturated rings. The maximum atomic E-state index is 15.0. The topological polar surface area (TPSA) is 73.8 Å². The Balaban J connectivity index is 1.46. The molecule has 4 rings (SSSR count). The molecule has 1 aliphatic rings. The molecule has 1 aliphatic heterocycles. The molecule has 1 amide bonds. The van der Waals surface area contributed by atoms with Crippen molar-refractivity contribution in [2.75, 3.05) is 56.8 Å². The predicted octanol–water partition coefficient (Wildman–Crippen LogP) is 4.23. The summed E-state index contributed by atoms with van der Waals surface area (Å²) in [4.78, 5) is 26.1. The molecule has 0 unspecified atom stereocenters. The lowest BCUT2D eigenvalue weighted by Crippen LogP contribution is -2.44. The van der Waals surface area contributed by atoms with Crippen LogP contribution in [-0.4, -0.2) is 72.1 Å². The van der Waals surface area contributed by atoms with Crippen LogP contribution in [0.25, 0.3) is 0 Å². The number of rotatable bonds is 9. The van der Waals surface area contributed by atoms with Gasteiger partial charge in [0.25, 0.3) is 5.91 Å². The Labute approximate surface area is 218 Å². The van der Waals surface area contributed by atoms with Crippen molar-refractivity contribution in [1.29, 1.82) is 0 Å². The number of carbonyl (C=O) groups is 1. The van der Waals surface area contributed by atoms with Crippen molar-refractivity contribution in [3.63, 3.8) is 0 Å². The van der Waals surface area contributed by atoms with E-state index in [9.17, 15) is 9.18 Å². The van der Waals surface area contributed by atoms with Crippen molar-refractivity contribution in [2.24, 2.45) is 0 Å². The number of halogens is 1. The number of amides is 1. The van der Waals surface area contributed by atoms with Gasteiger partial charge in [0.2, 0.25) is 0 Å². The number of piperazine rings is 1. The number of carbonyl (C=O) groups excluding carboxylic acids is 1. The van der Waals surface area contributed by atoms with E-state index in [-0.39, 0.29) is 11.7 Å². The van der Waals surface area contributed by atoms with Gasteiger partial charge in [0.05, 0.1) is 23.5 Å². The van der Waals surface area contributed by atoms with Gasteiger partial charge < -0.3 is 14.5 Å². The summed E-state index contributed by atoms with van der Waals surface area (Å²) in [7, 11) is 2.13. The molecule has 0 aliphatic carbocycles. The molecule has 0 radical (unpaired) electrons. The molecule has 196 valence electrons. The second kappa shape index (κ2) is 12.1. The molecule has 0 bridgehead atoms. The molecular formula is C28H35FN6O2. The van der Waals surface area contributed by atoms with Crippen LogP contribution >= 0.6 is 0 Å². The SMILES string of the molecule is Cc1cc(C)c(N(Nc2ccc(OCCCN3CCN(C)CC3)c(F)c2)C(=O)c2cncnc2)c(C)c1. The first kappa shape index (κ1) is 26.5. The second-order valence-electron chi connectivity index (χ2n) is 9.62. The normalized spacial score (nSPS) is 14.4. The van der Waals surface area contributed by atoms with Crippen LogP contribution in [0.2, 0.25) is 0 Å². The molecule has 2 heterocycles. The summed E-state index contributed by atoms with van der Waals surface area (Å²) in [5, 5.41) is 1.42. The van der Waals surface area contributed by atoms with Crippen LogP contribution in [0.1, 0.15) is 33.5 Å². The molecule has 2 aromatic carbocycles. The molecule has 1 aromatic heterocycles. The van der Waals surface area contributed by atoms with Crippen LogP contribution in [-0.2, 0) is 0 Å². The first-order chi connectivity index (χ1) is 17.8. The summed E-state index contributed by atoms with van der Waals surface area (Å²) in [6.07, 6.45) is 5.12. The lowest BCUT2D eigenvalue weighted by Gasteiger charge is -2.32. The second-order valence-corrected chi connectivity index (χ2v) is 9.62. The molecule has 8 nitrogen and oxygen atoms in total. The molecule has 0 spiro atoms. The van der Waals surface area contributed by atoms with Crippen LogP contribution in [0.15, 0.2) is 49.1 Å². The number of hydrazine groups is 1. The predicted molar refractivity (Wildman–Crippen MR) is 144 cm³/mol. The van der Waals surface area contributed by atoms with E-state index in [2.05, 4.69) is 32.2 Å². The van der Waals surface area contributed by atoms with Crippen LogP contribution in [0.4, 0.5) is 15.8 Å². The van der Waals surface area contributed by atoms with Gasteiger partial charge in [-0.1, -0.05) is 17.7 Å². The number of anilines is 2. The minimum Gasteiger partial charge on any atom is -0.490 e. The lowest BCUT2D eigenvalue weighted by atomic mass is 10.0. The van der Waals surface area contributed by atoms with Crippen molar-refractivity contribution < 1.29 is 13.9 Å². The quantitative estimate of drug-likeness (QED) is 0.344. The Morgan fingerprint density at radius 1 is 1.05 bits per heavy atom. The van der Waals surface area contributed by atoms with Gasteiger partial charge >= 0.3 is 0 Å². The number of likely N-dealkylation sites (N-methyl/N-ethyl adjacent to an activating group) is 1. The van der Waals surface area contributed by atoms with Gasteiger partial charge in [0.1, 0.15) is 6.33 Å². The van der Waals surface area contributed by atoms with Crippen molar-refractivity contribution in [3.8, 4) is 5.75 Å². The van der Waals surface area contributed by atoms with E-state index in [1.807, 2.05) is 32.9 Å². The van der Waals surface area contributed by atoms with Gasteiger partial charge in [-0.2, -0.15) is 0 Å². The standard InChI is InChI=1S/C28H35FN6O2/c1-20-14-21(2)27(22(3)15-20)35(28(36)23-17-30-19-31-18-23)32-24-6-7-26(25(29)16-24)37-13-5-8-34-11-9-33(4)10-12-34/h6-7,14-19,32H,5,8-13H2,1-4H3. The smallest absolute Gasteiger partial charge is 0.280 e. The molecule has 9 heteroatoms. The Kier molecular flexibility index (Phi) is 8.68. The van der Waals surface area contributed by atoms with E-state index in [4.69, 9.17) is 4.74 Å². The third-order valence-electron chi connectivity index (χ3n) is 6.51. The zero-order valence-electron chi connectivity index (χ0n) is 22.0. The number of benzene rings is 2. The first-order valence-electron chi connectivity index (χ1n) is 12.6. The van der Waals surface area contributed by atoms with Gasteiger partial charge in [-0.15, -0.1) is 0 Å². The fourth-order valence-corrected chi connectivity index (χ4v) is 4.63. The van der Waals surface area contributed by atoms with Crippen molar-refractivity contribution in [1.82, 2.24) is 19.8 Å². The van der Waals surface area contributed by atoms with E-state index < -0.39 is 5.82 Å². The third-order valence-corrected chi connectivity index (χ3v) is 6.51. The van der Waals surface area contributed by atoms with Crippen LogP contribution < -0.4 is 15.2 Å². The molecule has 1 N–H and O–H groups in total. The van der Waals surface area contributed by atoms with E-state index in [0.717, 1.165) is 55.8 Å². The van der Waals surface area contributed by atoms with Gasteiger partial charge in [0, 0.05) is 51.2 Å². The summed E-state index contributed by atoms with van der Waals surface area (Å²) in [5.41, 5.74) is 7.45. The Hall–Kier alpha value is -3.56. The number of hydrogen-bond donors (Lipinski definition) is 1. The van der Waals surface area contributed by atoms with Crippen LogP contribution in [0, 0.1) is 26.6 Å². The van der Waals surface area contributed by atoms with Gasteiger partial charge in [-0.25, -0.2) is 19.4 Å². The zero-order chi connectivity index (χ0) is 26.4. The number of nitrogens with one attached hydrogen (secondary N) is 1. The summed E-state index contributed by atoms with van der Waals surface area (Å²) < 4.78 is 20.7. The largest absolute Gasteiger partial charge is 0.490 e.